The van der Waals surface area contributed by atoms with E-state index < -0.39 is 24.9 Å². The second-order valence-electron chi connectivity index (χ2n) is 5.95. The summed E-state index contributed by atoms with van der Waals surface area (Å²) >= 11 is 0. The summed E-state index contributed by atoms with van der Waals surface area (Å²) in [5, 5.41) is 2.59. The number of carbonyl (C=O) groups is 1. The molecule has 122 valence electrons. The first-order valence-corrected chi connectivity index (χ1v) is 7.24. The van der Waals surface area contributed by atoms with Gasteiger partial charge in [-0.1, -0.05) is 12.1 Å². The fourth-order valence-corrected chi connectivity index (χ4v) is 2.96. The lowest BCUT2D eigenvalue weighted by molar-refractivity contribution is -0.132. The number of likely N-dealkylation sites (N-methyl/N-ethyl adjacent to an activating group) is 1. The van der Waals surface area contributed by atoms with Crippen LogP contribution in [-0.2, 0) is 11.3 Å². The van der Waals surface area contributed by atoms with Crippen molar-refractivity contribution in [3.05, 3.63) is 28.8 Å². The number of carbonyl (C=O) groups excluding carboxylic acids is 1. The monoisotopic (exact) mass is 312 g/mol. The average Bonchev–Trinajstić information content (AvgIpc) is 2.77. The second-order valence-corrected chi connectivity index (χ2v) is 5.95. The van der Waals surface area contributed by atoms with Gasteiger partial charge in [0.25, 0.3) is 5.92 Å². The molecule has 22 heavy (non-hydrogen) atoms. The van der Waals surface area contributed by atoms with Crippen LogP contribution in [-0.4, -0.2) is 43.5 Å². The van der Waals surface area contributed by atoms with E-state index in [9.17, 15) is 13.6 Å². The molecule has 0 spiro atoms. The SMILES string of the molecule is COc1c(C)cc(CN(C)C(=O)C2CC(F)(F)CN2)cc1C. The summed E-state index contributed by atoms with van der Waals surface area (Å²) in [7, 11) is 3.26. The number of halogens is 2. The maximum Gasteiger partial charge on any atom is 0.262 e. The Morgan fingerprint density at radius 3 is 2.45 bits per heavy atom. The van der Waals surface area contributed by atoms with Gasteiger partial charge in [0, 0.05) is 20.0 Å². The van der Waals surface area contributed by atoms with E-state index in [1.165, 1.54) is 4.90 Å². The molecule has 0 aliphatic carbocycles. The Morgan fingerprint density at radius 2 is 2.00 bits per heavy atom. The van der Waals surface area contributed by atoms with Crippen LogP contribution in [0, 0.1) is 13.8 Å². The van der Waals surface area contributed by atoms with Gasteiger partial charge in [-0.15, -0.1) is 0 Å². The standard InChI is InChI=1S/C16H22F2N2O2/c1-10-5-12(6-11(2)14(10)22-4)8-20(3)15(21)13-7-16(17,18)9-19-13/h5-6,13,19H,7-9H2,1-4H3. The summed E-state index contributed by atoms with van der Waals surface area (Å²) < 4.78 is 31.7. The molecule has 4 nitrogen and oxygen atoms in total. The number of aryl methyl sites for hydroxylation is 2. The molecule has 1 amide bonds. The minimum atomic E-state index is -2.80. The van der Waals surface area contributed by atoms with Gasteiger partial charge in [0.05, 0.1) is 19.7 Å². The number of rotatable bonds is 4. The van der Waals surface area contributed by atoms with Crippen LogP contribution < -0.4 is 10.1 Å². The number of nitrogens with zero attached hydrogens (tertiary/aromatic N) is 1. The number of nitrogens with one attached hydrogen (secondary N) is 1. The summed E-state index contributed by atoms with van der Waals surface area (Å²) in [5.41, 5.74) is 2.93. The van der Waals surface area contributed by atoms with Crippen LogP contribution in [0.5, 0.6) is 5.75 Å². The highest BCUT2D eigenvalue weighted by atomic mass is 19.3. The normalized spacial score (nSPS) is 20.0. The molecule has 0 bridgehead atoms. The van der Waals surface area contributed by atoms with E-state index in [2.05, 4.69) is 5.32 Å². The molecule has 1 aliphatic rings. The molecule has 1 aromatic rings. The van der Waals surface area contributed by atoms with Crippen LogP contribution in [0.15, 0.2) is 12.1 Å². The average molecular weight is 312 g/mol. The molecule has 1 N–H and O–H groups in total. The van der Waals surface area contributed by atoms with Crippen molar-refractivity contribution in [2.75, 3.05) is 20.7 Å². The van der Waals surface area contributed by atoms with Gasteiger partial charge in [-0.2, -0.15) is 0 Å². The third kappa shape index (κ3) is 3.55. The van der Waals surface area contributed by atoms with Gasteiger partial charge in [0.15, 0.2) is 0 Å². The first kappa shape index (κ1) is 16.7. The van der Waals surface area contributed by atoms with E-state index in [1.807, 2.05) is 26.0 Å². The molecule has 1 atom stereocenters. The molecule has 6 heteroatoms. The first-order chi connectivity index (χ1) is 10.2. The Bertz CT molecular complexity index is 552. The van der Waals surface area contributed by atoms with Crippen molar-refractivity contribution >= 4 is 5.91 Å². The zero-order valence-electron chi connectivity index (χ0n) is 13.4. The molecule has 2 rings (SSSR count). The van der Waals surface area contributed by atoms with Gasteiger partial charge in [0.2, 0.25) is 5.91 Å². The predicted octanol–water partition coefficient (Wildman–Crippen LogP) is 2.27. The van der Waals surface area contributed by atoms with Crippen LogP contribution in [0.3, 0.4) is 0 Å². The Hall–Kier alpha value is -1.69. The fraction of sp³-hybridized carbons (Fsp3) is 0.562. The van der Waals surface area contributed by atoms with Crippen molar-refractivity contribution in [3.63, 3.8) is 0 Å². The van der Waals surface area contributed by atoms with Gasteiger partial charge in [0.1, 0.15) is 5.75 Å². The summed E-state index contributed by atoms with van der Waals surface area (Å²) in [4.78, 5) is 13.7. The molecule has 1 fully saturated rings. The minimum absolute atomic E-state index is 0.303. The highest BCUT2D eigenvalue weighted by Gasteiger charge is 2.43. The number of amides is 1. The smallest absolute Gasteiger partial charge is 0.262 e. The van der Waals surface area contributed by atoms with E-state index in [1.54, 1.807) is 14.2 Å². The maximum absolute atomic E-state index is 13.2. The van der Waals surface area contributed by atoms with E-state index >= 15 is 0 Å². The number of hydrogen-bond donors (Lipinski definition) is 1. The van der Waals surface area contributed by atoms with Gasteiger partial charge in [-0.25, -0.2) is 8.78 Å². The quantitative estimate of drug-likeness (QED) is 0.927. The zero-order valence-corrected chi connectivity index (χ0v) is 13.4. The van der Waals surface area contributed by atoms with E-state index in [4.69, 9.17) is 4.74 Å². The molecule has 1 heterocycles. The van der Waals surface area contributed by atoms with Crippen LogP contribution in [0.4, 0.5) is 8.78 Å². The van der Waals surface area contributed by atoms with Crippen molar-refractivity contribution in [2.45, 2.75) is 38.8 Å². The summed E-state index contributed by atoms with van der Waals surface area (Å²) in [6, 6.07) is 3.10. The predicted molar refractivity (Wildman–Crippen MR) is 80.3 cm³/mol. The highest BCUT2D eigenvalue weighted by molar-refractivity contribution is 5.82. The van der Waals surface area contributed by atoms with Crippen LogP contribution in [0.25, 0.3) is 0 Å². The molecule has 0 saturated carbocycles. The van der Waals surface area contributed by atoms with Crippen LogP contribution >= 0.6 is 0 Å². The first-order valence-electron chi connectivity index (χ1n) is 7.24. The number of benzene rings is 1. The van der Waals surface area contributed by atoms with Gasteiger partial charge in [-0.05, 0) is 30.5 Å². The molecular weight excluding hydrogens is 290 g/mol. The second kappa shape index (κ2) is 6.20. The largest absolute Gasteiger partial charge is 0.496 e. The summed E-state index contributed by atoms with van der Waals surface area (Å²) in [6.45, 7) is 3.83. The highest BCUT2D eigenvalue weighted by Crippen LogP contribution is 2.27. The summed E-state index contributed by atoms with van der Waals surface area (Å²) in [5.74, 6) is -2.27. The maximum atomic E-state index is 13.2. The molecule has 1 aromatic carbocycles. The van der Waals surface area contributed by atoms with Gasteiger partial charge >= 0.3 is 0 Å². The topological polar surface area (TPSA) is 41.6 Å². The Labute approximate surface area is 129 Å². The van der Waals surface area contributed by atoms with Crippen LogP contribution in [0.1, 0.15) is 23.1 Å². The number of alkyl halides is 2. The van der Waals surface area contributed by atoms with Crippen molar-refractivity contribution in [1.29, 1.82) is 0 Å². The Morgan fingerprint density at radius 1 is 1.41 bits per heavy atom. The number of hydrogen-bond acceptors (Lipinski definition) is 3. The van der Waals surface area contributed by atoms with Crippen molar-refractivity contribution in [3.8, 4) is 5.75 Å². The lowest BCUT2D eigenvalue weighted by Crippen LogP contribution is -2.41. The Balaban J connectivity index is 2.06. The van der Waals surface area contributed by atoms with E-state index in [0.717, 1.165) is 22.4 Å². The molecule has 1 saturated heterocycles. The zero-order chi connectivity index (χ0) is 16.5. The number of ether oxygens (including phenoxy) is 1. The molecular formula is C16H22F2N2O2. The lowest BCUT2D eigenvalue weighted by Gasteiger charge is -2.22. The molecule has 1 unspecified atom stereocenters. The number of methoxy groups -OCH3 is 1. The third-order valence-corrected chi connectivity index (χ3v) is 3.93. The molecule has 1 aliphatic heterocycles. The Kier molecular flexibility index (Phi) is 4.70. The minimum Gasteiger partial charge on any atom is -0.496 e. The van der Waals surface area contributed by atoms with Crippen molar-refractivity contribution < 1.29 is 18.3 Å². The van der Waals surface area contributed by atoms with E-state index in [-0.39, 0.29) is 5.91 Å². The van der Waals surface area contributed by atoms with E-state index in [0.29, 0.717) is 6.54 Å². The van der Waals surface area contributed by atoms with Crippen LogP contribution in [0.2, 0.25) is 0 Å². The van der Waals surface area contributed by atoms with Crippen molar-refractivity contribution in [2.24, 2.45) is 0 Å². The third-order valence-electron chi connectivity index (χ3n) is 3.93. The summed E-state index contributed by atoms with van der Waals surface area (Å²) in [6.07, 6.45) is -0.434. The molecule has 0 aromatic heterocycles. The fourth-order valence-electron chi connectivity index (χ4n) is 2.96. The van der Waals surface area contributed by atoms with Gasteiger partial charge in [-0.3, -0.25) is 10.1 Å². The molecule has 0 radical (unpaired) electrons. The lowest BCUT2D eigenvalue weighted by atomic mass is 10.0. The van der Waals surface area contributed by atoms with Gasteiger partial charge < -0.3 is 9.64 Å². The van der Waals surface area contributed by atoms with Crippen molar-refractivity contribution in [1.82, 2.24) is 10.2 Å².